The Morgan fingerprint density at radius 3 is 2.65 bits per heavy atom. The monoisotopic (exact) mass is 405 g/mol. The fraction of sp³-hybridized carbons (Fsp3) is 0.533. The van der Waals surface area contributed by atoms with Gasteiger partial charge in [0, 0.05) is 18.0 Å². The number of nitrogens with two attached hydrogens (primary N) is 1. The van der Waals surface area contributed by atoms with Crippen LogP contribution in [-0.4, -0.2) is 30.2 Å². The quantitative estimate of drug-likeness (QED) is 0.361. The summed E-state index contributed by atoms with van der Waals surface area (Å²) in [7, 11) is 0. The van der Waals surface area contributed by atoms with Gasteiger partial charge in [-0.25, -0.2) is 4.99 Å². The Labute approximate surface area is 143 Å². The lowest BCUT2D eigenvalue weighted by Gasteiger charge is -2.27. The number of benzene rings is 1. The van der Waals surface area contributed by atoms with Crippen LogP contribution >= 0.6 is 35.7 Å². The molecule has 1 aliphatic rings. The number of rotatable bonds is 3. The molecule has 0 bridgehead atoms. The van der Waals surface area contributed by atoms with Gasteiger partial charge in [0.05, 0.1) is 6.54 Å². The minimum Gasteiger partial charge on any atom is -0.370 e. The van der Waals surface area contributed by atoms with Crippen molar-refractivity contribution in [2.75, 3.05) is 19.3 Å². The Kier molecular flexibility index (Phi) is 7.72. The van der Waals surface area contributed by atoms with Crippen LogP contribution in [-0.2, 0) is 6.54 Å². The van der Waals surface area contributed by atoms with Crippen molar-refractivity contribution in [3.63, 3.8) is 0 Å². The minimum atomic E-state index is 0. The number of guanidine groups is 1. The number of hydrogen-bond acceptors (Lipinski definition) is 2. The SMILES string of the molecule is CSc1cc(C)ccc1CN=C(N)N1CCCCC1.I. The topological polar surface area (TPSA) is 41.6 Å². The van der Waals surface area contributed by atoms with E-state index < -0.39 is 0 Å². The molecule has 0 amide bonds. The first-order valence-corrected chi connectivity index (χ1v) is 8.11. The molecule has 0 aliphatic carbocycles. The highest BCUT2D eigenvalue weighted by Gasteiger charge is 2.11. The van der Waals surface area contributed by atoms with E-state index in [9.17, 15) is 0 Å². The van der Waals surface area contributed by atoms with E-state index in [1.54, 1.807) is 11.8 Å². The number of hydrogen-bond donors (Lipinski definition) is 1. The van der Waals surface area contributed by atoms with Crippen molar-refractivity contribution in [2.24, 2.45) is 10.7 Å². The highest BCUT2D eigenvalue weighted by molar-refractivity contribution is 14.0. The number of halogens is 1. The Balaban J connectivity index is 0.00000200. The summed E-state index contributed by atoms with van der Waals surface area (Å²) in [5.41, 5.74) is 8.64. The van der Waals surface area contributed by atoms with Gasteiger partial charge in [0.1, 0.15) is 0 Å². The van der Waals surface area contributed by atoms with E-state index in [1.165, 1.54) is 35.3 Å². The maximum Gasteiger partial charge on any atom is 0.191 e. The molecule has 0 radical (unpaired) electrons. The van der Waals surface area contributed by atoms with Crippen molar-refractivity contribution in [1.82, 2.24) is 4.90 Å². The van der Waals surface area contributed by atoms with Crippen molar-refractivity contribution >= 4 is 41.7 Å². The van der Waals surface area contributed by atoms with Crippen molar-refractivity contribution in [3.8, 4) is 0 Å². The molecule has 20 heavy (non-hydrogen) atoms. The lowest BCUT2D eigenvalue weighted by molar-refractivity contribution is 0.338. The van der Waals surface area contributed by atoms with Crippen LogP contribution in [0.2, 0.25) is 0 Å². The fourth-order valence-corrected chi connectivity index (χ4v) is 3.07. The first-order valence-electron chi connectivity index (χ1n) is 6.89. The molecular formula is C15H24IN3S. The van der Waals surface area contributed by atoms with E-state index in [4.69, 9.17) is 5.73 Å². The van der Waals surface area contributed by atoms with Crippen LogP contribution in [0, 0.1) is 6.92 Å². The van der Waals surface area contributed by atoms with Gasteiger partial charge in [0.25, 0.3) is 0 Å². The third-order valence-electron chi connectivity index (χ3n) is 3.53. The number of piperidine rings is 1. The standard InChI is InChI=1S/C15H23N3S.HI/c1-12-6-7-13(14(10-12)19-2)11-17-15(16)18-8-4-3-5-9-18;/h6-7,10H,3-5,8-9,11H2,1-2H3,(H2,16,17);1H. The lowest BCUT2D eigenvalue weighted by Crippen LogP contribution is -2.40. The molecule has 0 aromatic heterocycles. The van der Waals surface area contributed by atoms with Gasteiger partial charge < -0.3 is 10.6 Å². The maximum atomic E-state index is 6.09. The first kappa shape index (κ1) is 17.6. The van der Waals surface area contributed by atoms with Crippen molar-refractivity contribution in [3.05, 3.63) is 29.3 Å². The molecule has 1 aromatic carbocycles. The van der Waals surface area contributed by atoms with E-state index in [0.717, 1.165) is 13.1 Å². The summed E-state index contributed by atoms with van der Waals surface area (Å²) >= 11 is 1.77. The van der Waals surface area contributed by atoms with E-state index in [0.29, 0.717) is 12.5 Å². The smallest absolute Gasteiger partial charge is 0.191 e. The number of aliphatic imine (C=N–C) groups is 1. The molecule has 0 saturated carbocycles. The van der Waals surface area contributed by atoms with Gasteiger partial charge in [0.15, 0.2) is 5.96 Å². The Morgan fingerprint density at radius 2 is 2.00 bits per heavy atom. The second-order valence-corrected chi connectivity index (χ2v) is 5.89. The van der Waals surface area contributed by atoms with E-state index >= 15 is 0 Å². The molecule has 0 spiro atoms. The second kappa shape index (κ2) is 8.77. The van der Waals surface area contributed by atoms with Crippen molar-refractivity contribution < 1.29 is 0 Å². The molecule has 1 heterocycles. The van der Waals surface area contributed by atoms with Gasteiger partial charge >= 0.3 is 0 Å². The zero-order chi connectivity index (χ0) is 13.7. The zero-order valence-corrected chi connectivity index (χ0v) is 15.4. The van der Waals surface area contributed by atoms with Crippen LogP contribution in [0.1, 0.15) is 30.4 Å². The number of likely N-dealkylation sites (tertiary alicyclic amines) is 1. The van der Waals surface area contributed by atoms with Crippen LogP contribution in [0.25, 0.3) is 0 Å². The van der Waals surface area contributed by atoms with Crippen molar-refractivity contribution in [1.29, 1.82) is 0 Å². The van der Waals surface area contributed by atoms with E-state index in [-0.39, 0.29) is 24.0 Å². The summed E-state index contributed by atoms with van der Waals surface area (Å²) in [6.45, 7) is 4.91. The number of aryl methyl sites for hydroxylation is 1. The highest BCUT2D eigenvalue weighted by atomic mass is 127. The molecule has 1 aromatic rings. The van der Waals surface area contributed by atoms with Gasteiger partial charge in [-0.2, -0.15) is 0 Å². The molecular weight excluding hydrogens is 381 g/mol. The molecule has 5 heteroatoms. The van der Waals surface area contributed by atoms with Gasteiger partial charge in [-0.3, -0.25) is 0 Å². The molecule has 0 atom stereocenters. The molecule has 2 N–H and O–H groups in total. The van der Waals surface area contributed by atoms with E-state index in [2.05, 4.69) is 41.3 Å². The third kappa shape index (κ3) is 4.84. The lowest BCUT2D eigenvalue weighted by atomic mass is 10.1. The van der Waals surface area contributed by atoms with Gasteiger partial charge in [0.2, 0.25) is 0 Å². The fourth-order valence-electron chi connectivity index (χ4n) is 2.37. The highest BCUT2D eigenvalue weighted by Crippen LogP contribution is 2.22. The van der Waals surface area contributed by atoms with Gasteiger partial charge in [-0.1, -0.05) is 12.1 Å². The predicted molar refractivity (Wildman–Crippen MR) is 99.1 cm³/mol. The Morgan fingerprint density at radius 1 is 1.30 bits per heavy atom. The minimum absolute atomic E-state index is 0. The van der Waals surface area contributed by atoms with Crippen molar-refractivity contribution in [2.45, 2.75) is 37.6 Å². The van der Waals surface area contributed by atoms with Crippen LogP contribution < -0.4 is 5.73 Å². The summed E-state index contributed by atoms with van der Waals surface area (Å²) in [5, 5.41) is 0. The zero-order valence-electron chi connectivity index (χ0n) is 12.3. The summed E-state index contributed by atoms with van der Waals surface area (Å²) in [6, 6.07) is 6.52. The molecule has 1 aliphatic heterocycles. The molecule has 2 rings (SSSR count). The normalized spacial score (nSPS) is 15.9. The molecule has 3 nitrogen and oxygen atoms in total. The summed E-state index contributed by atoms with van der Waals surface area (Å²) in [5.74, 6) is 0.701. The average molecular weight is 405 g/mol. The second-order valence-electron chi connectivity index (χ2n) is 5.04. The Hall–Kier alpha value is -0.430. The maximum absolute atomic E-state index is 6.09. The van der Waals surface area contributed by atoms with Crippen LogP contribution in [0.5, 0.6) is 0 Å². The van der Waals surface area contributed by atoms with E-state index in [1.807, 2.05) is 0 Å². The van der Waals surface area contributed by atoms with Gasteiger partial charge in [-0.05, 0) is 49.6 Å². The predicted octanol–water partition coefficient (Wildman–Crippen LogP) is 3.64. The average Bonchev–Trinajstić information content (AvgIpc) is 2.46. The summed E-state index contributed by atoms with van der Waals surface area (Å²) in [6.07, 6.45) is 5.89. The number of thioether (sulfide) groups is 1. The summed E-state index contributed by atoms with van der Waals surface area (Å²) in [4.78, 5) is 8.07. The van der Waals surface area contributed by atoms with Crippen LogP contribution in [0.15, 0.2) is 28.1 Å². The number of nitrogens with zero attached hydrogens (tertiary/aromatic N) is 2. The molecule has 1 saturated heterocycles. The largest absolute Gasteiger partial charge is 0.370 e. The van der Waals surface area contributed by atoms with Gasteiger partial charge in [-0.15, -0.1) is 35.7 Å². The molecule has 1 fully saturated rings. The van der Waals surface area contributed by atoms with Crippen LogP contribution in [0.3, 0.4) is 0 Å². The Bertz CT molecular complexity index is 456. The third-order valence-corrected chi connectivity index (χ3v) is 4.35. The van der Waals surface area contributed by atoms with Crippen LogP contribution in [0.4, 0.5) is 0 Å². The first-order chi connectivity index (χ1) is 9.20. The summed E-state index contributed by atoms with van der Waals surface area (Å²) < 4.78 is 0. The molecule has 0 unspecified atom stereocenters. The molecule has 112 valence electrons.